The lowest BCUT2D eigenvalue weighted by atomic mass is 9.99. The molecule has 1 atom stereocenters. The van der Waals surface area contributed by atoms with Crippen LogP contribution < -0.4 is 5.32 Å². The van der Waals surface area contributed by atoms with E-state index in [-0.39, 0.29) is 0 Å². The first-order chi connectivity index (χ1) is 9.24. The van der Waals surface area contributed by atoms with Crippen molar-refractivity contribution in [2.45, 2.75) is 25.7 Å². The largest absolute Gasteiger partial charge is 0.316 e. The minimum Gasteiger partial charge on any atom is -0.316 e. The molecule has 1 saturated heterocycles. The lowest BCUT2D eigenvalue weighted by Gasteiger charge is -2.19. The lowest BCUT2D eigenvalue weighted by molar-refractivity contribution is 0.445. The highest BCUT2D eigenvalue weighted by atomic mass is 15.3. The molecule has 4 heteroatoms. The van der Waals surface area contributed by atoms with Crippen molar-refractivity contribution in [3.05, 3.63) is 35.7 Å². The fourth-order valence-electron chi connectivity index (χ4n) is 2.60. The summed E-state index contributed by atoms with van der Waals surface area (Å²) < 4.78 is 1.90. The smallest absolute Gasteiger partial charge is 0.158 e. The minimum absolute atomic E-state index is 0.458. The van der Waals surface area contributed by atoms with E-state index in [9.17, 15) is 0 Å². The molecule has 4 nitrogen and oxygen atoms in total. The van der Waals surface area contributed by atoms with Crippen molar-refractivity contribution in [1.29, 1.82) is 0 Å². The Bertz CT molecular complexity index is 550. The normalized spacial score (nSPS) is 19.6. The predicted octanol–water partition coefficient (Wildman–Crippen LogP) is 2.26. The molecular weight excluding hydrogens is 236 g/mol. The van der Waals surface area contributed by atoms with Crippen LogP contribution in [0.4, 0.5) is 0 Å². The quantitative estimate of drug-likeness (QED) is 0.896. The maximum absolute atomic E-state index is 4.75. The number of nitrogens with one attached hydrogen (secondary N) is 1. The van der Waals surface area contributed by atoms with Crippen molar-refractivity contribution >= 4 is 0 Å². The van der Waals surface area contributed by atoms with Gasteiger partial charge in [-0.3, -0.25) is 0 Å². The van der Waals surface area contributed by atoms with Crippen molar-refractivity contribution in [1.82, 2.24) is 20.1 Å². The first-order valence-electron chi connectivity index (χ1n) is 6.93. The van der Waals surface area contributed by atoms with E-state index in [1.165, 1.54) is 18.4 Å². The van der Waals surface area contributed by atoms with Crippen molar-refractivity contribution in [2.75, 3.05) is 13.1 Å². The van der Waals surface area contributed by atoms with Gasteiger partial charge in [-0.15, -0.1) is 0 Å². The summed E-state index contributed by atoms with van der Waals surface area (Å²) in [5, 5.41) is 8.02. The lowest BCUT2D eigenvalue weighted by Crippen LogP contribution is -2.29. The number of nitrogens with zero attached hydrogens (tertiary/aromatic N) is 3. The molecule has 0 spiro atoms. The molecule has 0 saturated carbocycles. The van der Waals surface area contributed by atoms with Gasteiger partial charge in [0.2, 0.25) is 0 Å². The standard InChI is InChI=1S/C15H20N4/c1-11-5-7-12(8-6-11)15-17-14(18-19(15)2)13-4-3-9-16-10-13/h5-8,13,16H,3-4,9-10H2,1-2H3. The van der Waals surface area contributed by atoms with Crippen molar-refractivity contribution < 1.29 is 0 Å². The second kappa shape index (κ2) is 5.13. The Morgan fingerprint density at radius 3 is 2.74 bits per heavy atom. The highest BCUT2D eigenvalue weighted by molar-refractivity contribution is 5.55. The summed E-state index contributed by atoms with van der Waals surface area (Å²) in [5.41, 5.74) is 2.40. The molecule has 2 aromatic rings. The summed E-state index contributed by atoms with van der Waals surface area (Å²) in [6, 6.07) is 8.46. The van der Waals surface area contributed by atoms with E-state index in [0.29, 0.717) is 5.92 Å². The number of rotatable bonds is 2. The van der Waals surface area contributed by atoms with E-state index in [1.54, 1.807) is 0 Å². The molecule has 1 aliphatic heterocycles. The first-order valence-corrected chi connectivity index (χ1v) is 6.93. The molecule has 19 heavy (non-hydrogen) atoms. The number of hydrogen-bond acceptors (Lipinski definition) is 3. The van der Waals surface area contributed by atoms with Crippen molar-refractivity contribution in [3.8, 4) is 11.4 Å². The number of hydrogen-bond donors (Lipinski definition) is 1. The van der Waals surface area contributed by atoms with Crippen LogP contribution in [0.15, 0.2) is 24.3 Å². The van der Waals surface area contributed by atoms with E-state index in [0.717, 1.165) is 30.3 Å². The van der Waals surface area contributed by atoms with Crippen LogP contribution in [-0.4, -0.2) is 27.9 Å². The second-order valence-electron chi connectivity index (χ2n) is 5.33. The van der Waals surface area contributed by atoms with Gasteiger partial charge < -0.3 is 5.32 Å². The molecule has 2 heterocycles. The maximum Gasteiger partial charge on any atom is 0.158 e. The van der Waals surface area contributed by atoms with Gasteiger partial charge in [0.15, 0.2) is 11.6 Å². The van der Waals surface area contributed by atoms with Gasteiger partial charge in [-0.25, -0.2) is 9.67 Å². The fourth-order valence-corrected chi connectivity index (χ4v) is 2.60. The van der Waals surface area contributed by atoms with Gasteiger partial charge in [-0.05, 0) is 26.3 Å². The zero-order chi connectivity index (χ0) is 13.2. The molecular formula is C15H20N4. The predicted molar refractivity (Wildman–Crippen MR) is 76.0 cm³/mol. The Hall–Kier alpha value is -1.68. The highest BCUT2D eigenvalue weighted by Crippen LogP contribution is 2.24. The Morgan fingerprint density at radius 2 is 2.05 bits per heavy atom. The van der Waals surface area contributed by atoms with Crippen LogP contribution in [0.1, 0.15) is 30.1 Å². The van der Waals surface area contributed by atoms with Gasteiger partial charge in [-0.1, -0.05) is 29.8 Å². The number of piperidine rings is 1. The number of aromatic nitrogens is 3. The van der Waals surface area contributed by atoms with Gasteiger partial charge in [0.05, 0.1) is 0 Å². The van der Waals surface area contributed by atoms with Crippen LogP contribution in [0.5, 0.6) is 0 Å². The molecule has 0 aliphatic carbocycles. The summed E-state index contributed by atoms with van der Waals surface area (Å²) >= 11 is 0. The van der Waals surface area contributed by atoms with Gasteiger partial charge in [0, 0.05) is 25.1 Å². The van der Waals surface area contributed by atoms with Crippen molar-refractivity contribution in [3.63, 3.8) is 0 Å². The Labute approximate surface area is 113 Å². The minimum atomic E-state index is 0.458. The third-order valence-corrected chi connectivity index (χ3v) is 3.75. The van der Waals surface area contributed by atoms with Crippen LogP contribution in [0.25, 0.3) is 11.4 Å². The van der Waals surface area contributed by atoms with Gasteiger partial charge >= 0.3 is 0 Å². The van der Waals surface area contributed by atoms with Gasteiger partial charge in [-0.2, -0.15) is 5.10 Å². The van der Waals surface area contributed by atoms with E-state index < -0.39 is 0 Å². The Kier molecular flexibility index (Phi) is 3.34. The molecule has 1 fully saturated rings. The molecule has 1 N–H and O–H groups in total. The van der Waals surface area contributed by atoms with Crippen LogP contribution in [0.2, 0.25) is 0 Å². The Morgan fingerprint density at radius 1 is 1.26 bits per heavy atom. The monoisotopic (exact) mass is 256 g/mol. The topological polar surface area (TPSA) is 42.7 Å². The van der Waals surface area contributed by atoms with E-state index in [4.69, 9.17) is 4.98 Å². The summed E-state index contributed by atoms with van der Waals surface area (Å²) in [7, 11) is 1.97. The average Bonchev–Trinajstić information content (AvgIpc) is 2.83. The van der Waals surface area contributed by atoms with Gasteiger partial charge in [0.1, 0.15) is 0 Å². The molecule has 1 aromatic heterocycles. The highest BCUT2D eigenvalue weighted by Gasteiger charge is 2.20. The summed E-state index contributed by atoms with van der Waals surface area (Å²) in [5.74, 6) is 2.39. The molecule has 0 bridgehead atoms. The van der Waals surface area contributed by atoms with E-state index in [2.05, 4.69) is 41.6 Å². The summed E-state index contributed by atoms with van der Waals surface area (Å²) in [6.07, 6.45) is 2.40. The average molecular weight is 256 g/mol. The molecule has 0 amide bonds. The number of benzene rings is 1. The van der Waals surface area contributed by atoms with Crippen LogP contribution >= 0.6 is 0 Å². The SMILES string of the molecule is Cc1ccc(-c2nc(C3CCCNC3)nn2C)cc1. The van der Waals surface area contributed by atoms with Crippen LogP contribution in [0, 0.1) is 6.92 Å². The molecule has 100 valence electrons. The van der Waals surface area contributed by atoms with Crippen LogP contribution in [-0.2, 0) is 7.05 Å². The summed E-state index contributed by atoms with van der Waals surface area (Å²) in [4.78, 5) is 4.75. The molecule has 1 aromatic carbocycles. The van der Waals surface area contributed by atoms with E-state index >= 15 is 0 Å². The number of aryl methyl sites for hydroxylation is 2. The maximum atomic E-state index is 4.75. The van der Waals surface area contributed by atoms with Gasteiger partial charge in [0.25, 0.3) is 0 Å². The zero-order valence-corrected chi connectivity index (χ0v) is 11.6. The van der Waals surface area contributed by atoms with Crippen molar-refractivity contribution in [2.24, 2.45) is 7.05 Å². The Balaban J connectivity index is 1.90. The first kappa shape index (κ1) is 12.4. The van der Waals surface area contributed by atoms with Crippen LogP contribution in [0.3, 0.4) is 0 Å². The fraction of sp³-hybridized carbons (Fsp3) is 0.467. The molecule has 1 unspecified atom stereocenters. The third kappa shape index (κ3) is 2.54. The van der Waals surface area contributed by atoms with E-state index in [1.807, 2.05) is 11.7 Å². The third-order valence-electron chi connectivity index (χ3n) is 3.75. The molecule has 1 aliphatic rings. The summed E-state index contributed by atoms with van der Waals surface area (Å²) in [6.45, 7) is 4.21. The molecule has 0 radical (unpaired) electrons. The second-order valence-corrected chi connectivity index (χ2v) is 5.33. The molecule has 3 rings (SSSR count). The zero-order valence-electron chi connectivity index (χ0n) is 11.6.